The lowest BCUT2D eigenvalue weighted by Crippen LogP contribution is -2.68. The van der Waals surface area contributed by atoms with Gasteiger partial charge in [0.2, 0.25) is 11.8 Å². The molecule has 0 spiro atoms. The first-order valence-electron chi connectivity index (χ1n) is 10.2. The Morgan fingerprint density at radius 2 is 1.83 bits per heavy atom. The predicted octanol–water partition coefficient (Wildman–Crippen LogP) is 2.68. The summed E-state index contributed by atoms with van der Waals surface area (Å²) in [5, 5.41) is 10.0. The van der Waals surface area contributed by atoms with Crippen LogP contribution in [0.1, 0.15) is 38.7 Å². The monoisotopic (exact) mass is 395 g/mol. The van der Waals surface area contributed by atoms with Crippen molar-refractivity contribution in [3.8, 4) is 11.1 Å². The molecule has 3 rings (SSSR count). The number of hydrogen-bond acceptors (Lipinski definition) is 4. The molecule has 0 saturated carbocycles. The van der Waals surface area contributed by atoms with Gasteiger partial charge in [-0.2, -0.15) is 0 Å². The van der Waals surface area contributed by atoms with Gasteiger partial charge in [0.1, 0.15) is 0 Å². The van der Waals surface area contributed by atoms with Crippen LogP contribution in [0.4, 0.5) is 0 Å². The van der Waals surface area contributed by atoms with E-state index in [9.17, 15) is 14.7 Å². The lowest BCUT2D eigenvalue weighted by Gasteiger charge is -2.56. The second kappa shape index (κ2) is 9.18. The molecule has 0 unspecified atom stereocenters. The third-order valence-electron chi connectivity index (χ3n) is 5.85. The number of pyridine rings is 1. The van der Waals surface area contributed by atoms with Gasteiger partial charge in [0, 0.05) is 44.7 Å². The molecule has 2 heterocycles. The van der Waals surface area contributed by atoms with E-state index in [1.54, 1.807) is 22.9 Å². The molecule has 2 aromatic rings. The molecule has 2 amide bonds. The van der Waals surface area contributed by atoms with Crippen molar-refractivity contribution in [2.75, 3.05) is 19.7 Å². The van der Waals surface area contributed by atoms with E-state index in [4.69, 9.17) is 0 Å². The molecule has 154 valence electrons. The van der Waals surface area contributed by atoms with Crippen molar-refractivity contribution in [2.24, 2.45) is 0 Å². The maximum atomic E-state index is 12.5. The molecule has 0 aliphatic carbocycles. The molecule has 1 saturated heterocycles. The van der Waals surface area contributed by atoms with E-state index in [0.29, 0.717) is 19.5 Å². The minimum absolute atomic E-state index is 0.00507. The highest BCUT2D eigenvalue weighted by molar-refractivity contribution is 5.79. The molecule has 1 aromatic heterocycles. The Morgan fingerprint density at radius 3 is 2.34 bits per heavy atom. The van der Waals surface area contributed by atoms with Crippen LogP contribution in [0.15, 0.2) is 48.8 Å². The van der Waals surface area contributed by atoms with Crippen LogP contribution >= 0.6 is 0 Å². The highest BCUT2D eigenvalue weighted by Crippen LogP contribution is 2.42. The van der Waals surface area contributed by atoms with Crippen LogP contribution in [-0.4, -0.2) is 63.5 Å². The third kappa shape index (κ3) is 4.17. The van der Waals surface area contributed by atoms with E-state index in [0.717, 1.165) is 16.7 Å². The van der Waals surface area contributed by atoms with Crippen molar-refractivity contribution in [1.29, 1.82) is 0 Å². The zero-order valence-electron chi connectivity index (χ0n) is 17.3. The average Bonchev–Trinajstić information content (AvgIpc) is 2.74. The van der Waals surface area contributed by atoms with Gasteiger partial charge in [-0.1, -0.05) is 37.3 Å². The minimum Gasteiger partial charge on any atom is -0.394 e. The SMILES string of the molecule is CCC(=O)N1[C@H](CO)[C@H](c2ccc(-c3cccnc3)cc2)[C@H]1CN(CC)C(C)=O. The van der Waals surface area contributed by atoms with Crippen molar-refractivity contribution >= 4 is 11.8 Å². The number of carbonyl (C=O) groups excluding carboxylic acids is 2. The second-order valence-electron chi connectivity index (χ2n) is 7.42. The number of carbonyl (C=O) groups is 2. The highest BCUT2D eigenvalue weighted by Gasteiger charge is 2.51. The first-order valence-corrected chi connectivity index (χ1v) is 10.2. The largest absolute Gasteiger partial charge is 0.394 e. The average molecular weight is 396 g/mol. The molecule has 6 nitrogen and oxygen atoms in total. The van der Waals surface area contributed by atoms with Crippen LogP contribution in [0.5, 0.6) is 0 Å². The van der Waals surface area contributed by atoms with Gasteiger partial charge in [0.15, 0.2) is 0 Å². The molecular formula is C23H29N3O3. The number of aromatic nitrogens is 1. The molecule has 1 aromatic carbocycles. The number of benzene rings is 1. The van der Waals surface area contributed by atoms with Crippen LogP contribution in [0.3, 0.4) is 0 Å². The lowest BCUT2D eigenvalue weighted by molar-refractivity contribution is -0.154. The standard InChI is InChI=1S/C23H29N3O3/c1-4-22(29)26-20(14-25(5-2)16(3)28)23(21(26)15-27)18-10-8-17(9-11-18)19-7-6-12-24-13-19/h6-13,20-21,23,27H,4-5,14-15H2,1-3H3/t20-,21-,23-/m1/s1. The summed E-state index contributed by atoms with van der Waals surface area (Å²) in [5.41, 5.74) is 3.18. The summed E-state index contributed by atoms with van der Waals surface area (Å²) in [6, 6.07) is 11.7. The summed E-state index contributed by atoms with van der Waals surface area (Å²) in [4.78, 5) is 32.2. The van der Waals surface area contributed by atoms with Gasteiger partial charge in [-0.3, -0.25) is 14.6 Å². The number of aliphatic hydroxyl groups excluding tert-OH is 1. The lowest BCUT2D eigenvalue weighted by atomic mass is 9.74. The van der Waals surface area contributed by atoms with Gasteiger partial charge < -0.3 is 14.9 Å². The van der Waals surface area contributed by atoms with Crippen LogP contribution in [-0.2, 0) is 9.59 Å². The molecule has 0 bridgehead atoms. The number of nitrogens with zero attached hydrogens (tertiary/aromatic N) is 3. The van der Waals surface area contributed by atoms with Gasteiger partial charge in [-0.05, 0) is 29.7 Å². The first-order chi connectivity index (χ1) is 14.0. The van der Waals surface area contributed by atoms with E-state index in [1.807, 2.05) is 44.3 Å². The van der Waals surface area contributed by atoms with Crippen molar-refractivity contribution in [1.82, 2.24) is 14.8 Å². The summed E-state index contributed by atoms with van der Waals surface area (Å²) in [6.07, 6.45) is 3.95. The molecular weight excluding hydrogens is 366 g/mol. The first kappa shape index (κ1) is 21.0. The number of likely N-dealkylation sites (tertiary alicyclic amines) is 1. The zero-order chi connectivity index (χ0) is 21.0. The molecule has 1 N–H and O–H groups in total. The van der Waals surface area contributed by atoms with Crippen molar-refractivity contribution in [3.63, 3.8) is 0 Å². The Hall–Kier alpha value is -2.73. The number of hydrogen-bond donors (Lipinski definition) is 1. The van der Waals surface area contributed by atoms with Crippen LogP contribution in [0.25, 0.3) is 11.1 Å². The van der Waals surface area contributed by atoms with Gasteiger partial charge in [0.25, 0.3) is 0 Å². The molecule has 29 heavy (non-hydrogen) atoms. The van der Waals surface area contributed by atoms with Crippen molar-refractivity contribution in [3.05, 3.63) is 54.4 Å². The quantitative estimate of drug-likeness (QED) is 0.782. The number of rotatable bonds is 7. The summed E-state index contributed by atoms with van der Waals surface area (Å²) in [7, 11) is 0. The van der Waals surface area contributed by atoms with Gasteiger partial charge in [-0.15, -0.1) is 0 Å². The fraction of sp³-hybridized carbons (Fsp3) is 0.435. The summed E-state index contributed by atoms with van der Waals surface area (Å²) >= 11 is 0. The normalized spacial score (nSPS) is 20.8. The molecule has 0 radical (unpaired) electrons. The van der Waals surface area contributed by atoms with E-state index in [2.05, 4.69) is 17.1 Å². The summed E-state index contributed by atoms with van der Waals surface area (Å²) in [6.45, 7) is 6.29. The van der Waals surface area contributed by atoms with E-state index in [-0.39, 0.29) is 36.4 Å². The molecule has 1 aliphatic rings. The van der Waals surface area contributed by atoms with Crippen molar-refractivity contribution < 1.29 is 14.7 Å². The summed E-state index contributed by atoms with van der Waals surface area (Å²) in [5.74, 6) is -0.00162. The van der Waals surface area contributed by atoms with E-state index < -0.39 is 0 Å². The van der Waals surface area contributed by atoms with Crippen LogP contribution in [0, 0.1) is 0 Å². The smallest absolute Gasteiger partial charge is 0.222 e. The Labute approximate surface area is 172 Å². The predicted molar refractivity (Wildman–Crippen MR) is 112 cm³/mol. The maximum Gasteiger partial charge on any atom is 0.222 e. The van der Waals surface area contributed by atoms with Crippen LogP contribution in [0.2, 0.25) is 0 Å². The molecule has 6 heteroatoms. The topological polar surface area (TPSA) is 73.7 Å². The second-order valence-corrected chi connectivity index (χ2v) is 7.42. The third-order valence-corrected chi connectivity index (χ3v) is 5.85. The minimum atomic E-state index is -0.262. The Morgan fingerprint density at radius 1 is 1.10 bits per heavy atom. The molecule has 1 aliphatic heterocycles. The summed E-state index contributed by atoms with van der Waals surface area (Å²) < 4.78 is 0. The Bertz CT molecular complexity index is 838. The van der Waals surface area contributed by atoms with Crippen LogP contribution < -0.4 is 0 Å². The Balaban J connectivity index is 1.89. The fourth-order valence-corrected chi connectivity index (χ4v) is 4.28. The Kier molecular flexibility index (Phi) is 6.64. The number of amides is 2. The molecule has 3 atom stereocenters. The maximum absolute atomic E-state index is 12.5. The van der Waals surface area contributed by atoms with E-state index in [1.165, 1.54) is 0 Å². The highest BCUT2D eigenvalue weighted by atomic mass is 16.3. The fourth-order valence-electron chi connectivity index (χ4n) is 4.28. The van der Waals surface area contributed by atoms with Crippen molar-refractivity contribution in [2.45, 2.75) is 45.2 Å². The number of likely N-dealkylation sites (N-methyl/N-ethyl adjacent to an activating group) is 1. The number of aliphatic hydroxyl groups is 1. The zero-order valence-corrected chi connectivity index (χ0v) is 17.3. The van der Waals surface area contributed by atoms with Gasteiger partial charge in [-0.25, -0.2) is 0 Å². The molecule has 1 fully saturated rings. The van der Waals surface area contributed by atoms with Gasteiger partial charge in [0.05, 0.1) is 18.7 Å². The van der Waals surface area contributed by atoms with E-state index >= 15 is 0 Å². The van der Waals surface area contributed by atoms with Gasteiger partial charge >= 0.3 is 0 Å².